The molecule has 1 rings (SSSR count). The van der Waals surface area contributed by atoms with Gasteiger partial charge in [-0.1, -0.05) is 18.3 Å². The molecule has 0 radical (unpaired) electrons. The molecular formula is C13H24N4O2S. The molecule has 1 heterocycles. The van der Waals surface area contributed by atoms with Crippen molar-refractivity contribution in [3.63, 3.8) is 0 Å². The minimum atomic E-state index is -0.169. The van der Waals surface area contributed by atoms with Crippen LogP contribution in [-0.4, -0.2) is 46.1 Å². The number of carbonyl (C=O) groups excluding carboxylic acids is 1. The van der Waals surface area contributed by atoms with E-state index in [0.717, 1.165) is 6.42 Å². The normalized spacial score (nSPS) is 11.4. The fourth-order valence-corrected chi connectivity index (χ4v) is 2.77. The number of hydrogen-bond acceptors (Lipinski definition) is 6. The minimum absolute atomic E-state index is 0.0580. The zero-order chi connectivity index (χ0) is 15.3. The number of aromatic nitrogens is 1. The Morgan fingerprint density at radius 2 is 2.10 bits per heavy atom. The lowest BCUT2D eigenvalue weighted by atomic mass is 10.1. The van der Waals surface area contributed by atoms with E-state index in [0.29, 0.717) is 23.1 Å². The molecule has 0 saturated carbocycles. The molecule has 0 aliphatic carbocycles. The molecule has 0 spiro atoms. The number of carbonyl (C=O) groups is 1. The molecule has 1 aromatic heterocycles. The summed E-state index contributed by atoms with van der Waals surface area (Å²) in [5, 5.41) is 12.9. The van der Waals surface area contributed by atoms with Crippen molar-refractivity contribution in [2.45, 2.75) is 39.7 Å². The molecule has 0 atom stereocenters. The number of anilines is 2. The third kappa shape index (κ3) is 4.64. The molecule has 1 amide bonds. The summed E-state index contributed by atoms with van der Waals surface area (Å²) in [6, 6.07) is 0. The number of nitrogens with one attached hydrogen (secondary N) is 1. The van der Waals surface area contributed by atoms with Gasteiger partial charge in [0.05, 0.1) is 6.61 Å². The fraction of sp³-hybridized carbons (Fsp3) is 0.692. The molecular weight excluding hydrogens is 276 g/mol. The quantitative estimate of drug-likeness (QED) is 0.745. The van der Waals surface area contributed by atoms with Crippen molar-refractivity contribution in [1.29, 1.82) is 0 Å². The van der Waals surface area contributed by atoms with Gasteiger partial charge in [-0.25, -0.2) is 4.98 Å². The summed E-state index contributed by atoms with van der Waals surface area (Å²) in [6.45, 7) is 8.88. The van der Waals surface area contributed by atoms with Crippen LogP contribution in [0.3, 0.4) is 0 Å². The van der Waals surface area contributed by atoms with E-state index in [1.807, 2.05) is 27.7 Å². The summed E-state index contributed by atoms with van der Waals surface area (Å²) in [6.07, 6.45) is 0.831. The number of thiazole rings is 1. The van der Waals surface area contributed by atoms with Gasteiger partial charge in [-0.05, 0) is 27.2 Å². The zero-order valence-electron chi connectivity index (χ0n) is 12.6. The minimum Gasteiger partial charge on any atom is -0.395 e. The Labute approximate surface area is 124 Å². The van der Waals surface area contributed by atoms with Gasteiger partial charge in [-0.15, -0.1) is 0 Å². The lowest BCUT2D eigenvalue weighted by Crippen LogP contribution is -2.34. The average Bonchev–Trinajstić information content (AvgIpc) is 2.66. The molecule has 0 fully saturated rings. The maximum absolute atomic E-state index is 12.4. The first-order chi connectivity index (χ1) is 9.28. The molecule has 0 saturated heterocycles. The van der Waals surface area contributed by atoms with Crippen molar-refractivity contribution in [2.75, 3.05) is 30.7 Å². The molecule has 0 aromatic carbocycles. The van der Waals surface area contributed by atoms with E-state index in [4.69, 9.17) is 10.8 Å². The average molecular weight is 300 g/mol. The van der Waals surface area contributed by atoms with Crippen LogP contribution in [0.15, 0.2) is 0 Å². The van der Waals surface area contributed by atoms with E-state index in [-0.39, 0.29) is 23.9 Å². The molecule has 7 heteroatoms. The summed E-state index contributed by atoms with van der Waals surface area (Å²) >= 11 is 1.25. The van der Waals surface area contributed by atoms with E-state index < -0.39 is 0 Å². The van der Waals surface area contributed by atoms with Crippen LogP contribution in [0.5, 0.6) is 0 Å². The van der Waals surface area contributed by atoms with Crippen LogP contribution in [0.25, 0.3) is 0 Å². The highest BCUT2D eigenvalue weighted by atomic mass is 32.1. The SMILES string of the molecule is CCCN(CCO)C(=O)c1sc(NC(C)(C)C)nc1N. The second-order valence-electron chi connectivity index (χ2n) is 5.62. The summed E-state index contributed by atoms with van der Waals surface area (Å²) < 4.78 is 0. The Hall–Kier alpha value is -1.34. The van der Waals surface area contributed by atoms with Crippen LogP contribution in [-0.2, 0) is 0 Å². The number of nitrogen functional groups attached to an aromatic ring is 1. The molecule has 6 nitrogen and oxygen atoms in total. The van der Waals surface area contributed by atoms with E-state index >= 15 is 0 Å². The van der Waals surface area contributed by atoms with Crippen LogP contribution in [0.2, 0.25) is 0 Å². The standard InChI is InChI=1S/C13H24N4O2S/c1-5-6-17(7-8-18)11(19)9-10(14)15-12(20-9)16-13(2,3)4/h18H,5-8,14H2,1-4H3,(H,15,16). The molecule has 114 valence electrons. The maximum atomic E-state index is 12.4. The Morgan fingerprint density at radius 3 is 2.60 bits per heavy atom. The first-order valence-electron chi connectivity index (χ1n) is 6.73. The molecule has 20 heavy (non-hydrogen) atoms. The number of nitrogens with zero attached hydrogens (tertiary/aromatic N) is 2. The summed E-state index contributed by atoms with van der Waals surface area (Å²) in [5.74, 6) is 0.0728. The number of amides is 1. The molecule has 0 unspecified atom stereocenters. The van der Waals surface area contributed by atoms with Gasteiger partial charge in [0, 0.05) is 18.6 Å². The predicted molar refractivity (Wildman–Crippen MR) is 83.2 cm³/mol. The second-order valence-corrected chi connectivity index (χ2v) is 6.62. The van der Waals surface area contributed by atoms with Crippen molar-refractivity contribution in [3.05, 3.63) is 4.88 Å². The monoisotopic (exact) mass is 300 g/mol. The highest BCUT2D eigenvalue weighted by Crippen LogP contribution is 2.28. The maximum Gasteiger partial charge on any atom is 0.267 e. The van der Waals surface area contributed by atoms with Gasteiger partial charge >= 0.3 is 0 Å². The predicted octanol–water partition coefficient (Wildman–Crippen LogP) is 1.78. The van der Waals surface area contributed by atoms with Gasteiger partial charge in [-0.2, -0.15) is 0 Å². The van der Waals surface area contributed by atoms with Gasteiger partial charge < -0.3 is 21.1 Å². The lowest BCUT2D eigenvalue weighted by molar-refractivity contribution is 0.0727. The third-order valence-corrected chi connectivity index (χ3v) is 3.45. The van der Waals surface area contributed by atoms with Crippen molar-refractivity contribution in [2.24, 2.45) is 0 Å². The Morgan fingerprint density at radius 1 is 1.45 bits per heavy atom. The first-order valence-corrected chi connectivity index (χ1v) is 7.54. The molecule has 0 aliphatic heterocycles. The molecule has 0 aliphatic rings. The van der Waals surface area contributed by atoms with Crippen LogP contribution in [0, 0.1) is 0 Å². The Kier molecular flexibility index (Phi) is 5.76. The lowest BCUT2D eigenvalue weighted by Gasteiger charge is -2.20. The van der Waals surface area contributed by atoms with Gasteiger partial charge in [0.25, 0.3) is 5.91 Å². The van der Waals surface area contributed by atoms with Gasteiger partial charge in [-0.3, -0.25) is 4.79 Å². The van der Waals surface area contributed by atoms with Crippen LogP contribution in [0.4, 0.5) is 10.9 Å². The van der Waals surface area contributed by atoms with Crippen LogP contribution >= 0.6 is 11.3 Å². The van der Waals surface area contributed by atoms with E-state index in [2.05, 4.69) is 10.3 Å². The highest BCUT2D eigenvalue weighted by Gasteiger charge is 2.22. The number of hydrogen-bond donors (Lipinski definition) is 3. The van der Waals surface area contributed by atoms with Crippen molar-refractivity contribution >= 4 is 28.2 Å². The van der Waals surface area contributed by atoms with Crippen LogP contribution < -0.4 is 11.1 Å². The number of nitrogens with two attached hydrogens (primary N) is 1. The molecule has 1 aromatic rings. The van der Waals surface area contributed by atoms with Crippen molar-refractivity contribution < 1.29 is 9.90 Å². The van der Waals surface area contributed by atoms with Gasteiger partial charge in [0.2, 0.25) is 0 Å². The second kappa shape index (κ2) is 6.90. The first kappa shape index (κ1) is 16.7. The number of rotatable bonds is 6. The molecule has 0 bridgehead atoms. The summed E-state index contributed by atoms with van der Waals surface area (Å²) in [7, 11) is 0. The highest BCUT2D eigenvalue weighted by molar-refractivity contribution is 7.18. The van der Waals surface area contributed by atoms with E-state index in [1.54, 1.807) is 4.90 Å². The Bertz CT molecular complexity index is 448. The summed E-state index contributed by atoms with van der Waals surface area (Å²) in [5.41, 5.74) is 5.70. The number of aliphatic hydroxyl groups excluding tert-OH is 1. The Balaban J connectivity index is 2.92. The van der Waals surface area contributed by atoms with Crippen molar-refractivity contribution in [3.8, 4) is 0 Å². The topological polar surface area (TPSA) is 91.5 Å². The van der Waals surface area contributed by atoms with Crippen molar-refractivity contribution in [1.82, 2.24) is 9.88 Å². The molecule has 4 N–H and O–H groups in total. The van der Waals surface area contributed by atoms with Gasteiger partial charge in [0.15, 0.2) is 5.13 Å². The van der Waals surface area contributed by atoms with Crippen LogP contribution in [0.1, 0.15) is 43.8 Å². The third-order valence-electron chi connectivity index (χ3n) is 2.48. The van der Waals surface area contributed by atoms with E-state index in [9.17, 15) is 4.79 Å². The smallest absolute Gasteiger partial charge is 0.267 e. The zero-order valence-corrected chi connectivity index (χ0v) is 13.4. The largest absolute Gasteiger partial charge is 0.395 e. The fourth-order valence-electron chi connectivity index (χ4n) is 1.71. The summed E-state index contributed by atoms with van der Waals surface area (Å²) in [4.78, 5) is 18.6. The van der Waals surface area contributed by atoms with E-state index in [1.165, 1.54) is 11.3 Å². The number of aliphatic hydroxyl groups is 1. The van der Waals surface area contributed by atoms with Gasteiger partial charge in [0.1, 0.15) is 10.7 Å².